The summed E-state index contributed by atoms with van der Waals surface area (Å²) in [5, 5.41) is 8.74. The van der Waals surface area contributed by atoms with Gasteiger partial charge in [-0.2, -0.15) is 13.1 Å². The Kier molecular flexibility index (Phi) is 4.94. The van der Waals surface area contributed by atoms with Crippen molar-refractivity contribution in [3.8, 4) is 0 Å². The Labute approximate surface area is 110 Å². The Morgan fingerprint density at radius 2 is 2.11 bits per heavy atom. The highest BCUT2D eigenvalue weighted by Gasteiger charge is 2.12. The van der Waals surface area contributed by atoms with E-state index in [1.165, 1.54) is 18.2 Å². The van der Waals surface area contributed by atoms with E-state index in [-0.39, 0.29) is 16.3 Å². The van der Waals surface area contributed by atoms with Crippen molar-refractivity contribution in [2.24, 2.45) is 0 Å². The molecule has 6 nitrogen and oxygen atoms in total. The molecule has 0 atom stereocenters. The number of halogens is 1. The summed E-state index contributed by atoms with van der Waals surface area (Å²) in [7, 11) is -3.65. The first-order valence-electron chi connectivity index (χ1n) is 5.16. The van der Waals surface area contributed by atoms with Crippen LogP contribution in [0.3, 0.4) is 0 Å². The number of nitrogens with one attached hydrogen (secondary N) is 2. The summed E-state index contributed by atoms with van der Waals surface area (Å²) in [6.07, 6.45) is 0.666. The molecular weight excluding hydrogens is 280 g/mol. The van der Waals surface area contributed by atoms with E-state index in [2.05, 4.69) is 9.44 Å². The van der Waals surface area contributed by atoms with Gasteiger partial charge in [0.1, 0.15) is 0 Å². The molecule has 0 bridgehead atoms. The van der Waals surface area contributed by atoms with Crippen molar-refractivity contribution >= 4 is 33.5 Å². The van der Waals surface area contributed by atoms with Gasteiger partial charge in [-0.05, 0) is 24.6 Å². The van der Waals surface area contributed by atoms with Gasteiger partial charge in [-0.3, -0.25) is 4.72 Å². The van der Waals surface area contributed by atoms with Crippen LogP contribution in [-0.4, -0.2) is 26.0 Å². The van der Waals surface area contributed by atoms with Crippen LogP contribution in [0, 0.1) is 0 Å². The van der Waals surface area contributed by atoms with Crippen molar-refractivity contribution < 1.29 is 18.3 Å². The molecule has 0 aromatic heterocycles. The highest BCUT2D eigenvalue weighted by molar-refractivity contribution is 7.90. The zero-order valence-corrected chi connectivity index (χ0v) is 11.2. The van der Waals surface area contributed by atoms with Crippen molar-refractivity contribution in [1.29, 1.82) is 0 Å². The monoisotopic (exact) mass is 292 g/mol. The van der Waals surface area contributed by atoms with Gasteiger partial charge in [0, 0.05) is 6.54 Å². The SMILES string of the molecule is CCCNS(=O)(=O)Nc1ccc(C(=O)O)c(Cl)c1. The lowest BCUT2D eigenvalue weighted by Crippen LogP contribution is -2.30. The van der Waals surface area contributed by atoms with Crippen LogP contribution in [0.4, 0.5) is 5.69 Å². The Morgan fingerprint density at radius 3 is 2.61 bits per heavy atom. The average molecular weight is 293 g/mol. The predicted octanol–water partition coefficient (Wildman–Crippen LogP) is 1.69. The first kappa shape index (κ1) is 14.7. The number of carbonyl (C=O) groups is 1. The molecule has 0 aliphatic carbocycles. The van der Waals surface area contributed by atoms with Crippen LogP contribution in [0.2, 0.25) is 5.02 Å². The third-order valence-corrected chi connectivity index (χ3v) is 3.40. The lowest BCUT2D eigenvalue weighted by molar-refractivity contribution is 0.0697. The first-order chi connectivity index (χ1) is 8.35. The fraction of sp³-hybridized carbons (Fsp3) is 0.300. The minimum atomic E-state index is -3.65. The molecular formula is C10H13ClN2O4S. The van der Waals surface area contributed by atoms with E-state index in [1.807, 2.05) is 6.92 Å². The number of hydrogen-bond donors (Lipinski definition) is 3. The van der Waals surface area contributed by atoms with E-state index in [1.54, 1.807) is 0 Å². The predicted molar refractivity (Wildman–Crippen MR) is 69.2 cm³/mol. The van der Waals surface area contributed by atoms with Crippen molar-refractivity contribution in [3.63, 3.8) is 0 Å². The maximum atomic E-state index is 11.5. The van der Waals surface area contributed by atoms with Crippen molar-refractivity contribution in [1.82, 2.24) is 4.72 Å². The van der Waals surface area contributed by atoms with Gasteiger partial charge in [0.15, 0.2) is 0 Å². The molecule has 1 aromatic rings. The normalized spacial score (nSPS) is 11.2. The molecule has 0 unspecified atom stereocenters. The molecule has 0 amide bonds. The zero-order valence-electron chi connectivity index (χ0n) is 9.60. The molecule has 0 spiro atoms. The molecule has 0 aliphatic rings. The summed E-state index contributed by atoms with van der Waals surface area (Å²) in [5.74, 6) is -1.17. The van der Waals surface area contributed by atoms with E-state index in [0.29, 0.717) is 13.0 Å². The largest absolute Gasteiger partial charge is 0.478 e. The van der Waals surface area contributed by atoms with E-state index < -0.39 is 16.2 Å². The summed E-state index contributed by atoms with van der Waals surface area (Å²) in [5.41, 5.74) is 0.120. The Balaban J connectivity index is 2.87. The molecule has 0 heterocycles. The fourth-order valence-corrected chi connectivity index (χ4v) is 2.42. The van der Waals surface area contributed by atoms with Gasteiger partial charge in [-0.25, -0.2) is 4.79 Å². The smallest absolute Gasteiger partial charge is 0.337 e. The highest BCUT2D eigenvalue weighted by Crippen LogP contribution is 2.21. The number of benzene rings is 1. The quantitative estimate of drug-likeness (QED) is 0.743. The molecule has 3 N–H and O–H groups in total. The maximum absolute atomic E-state index is 11.5. The molecule has 1 aromatic carbocycles. The number of carboxylic acids is 1. The van der Waals surface area contributed by atoms with E-state index in [4.69, 9.17) is 16.7 Å². The lowest BCUT2D eigenvalue weighted by atomic mass is 10.2. The van der Waals surface area contributed by atoms with Crippen LogP contribution in [0.5, 0.6) is 0 Å². The zero-order chi connectivity index (χ0) is 13.8. The van der Waals surface area contributed by atoms with E-state index >= 15 is 0 Å². The van der Waals surface area contributed by atoms with Crippen LogP contribution < -0.4 is 9.44 Å². The number of hydrogen-bond acceptors (Lipinski definition) is 3. The molecule has 0 saturated heterocycles. The molecule has 1 rings (SSSR count). The van der Waals surface area contributed by atoms with E-state index in [0.717, 1.165) is 0 Å². The van der Waals surface area contributed by atoms with Gasteiger partial charge in [-0.15, -0.1) is 0 Å². The number of carboxylic acid groups (broad SMARTS) is 1. The molecule has 100 valence electrons. The standard InChI is InChI=1S/C10H13ClN2O4S/c1-2-5-12-18(16,17)13-7-3-4-8(10(14)15)9(11)6-7/h3-4,6,12-13H,2,5H2,1H3,(H,14,15). The second-order valence-electron chi connectivity index (χ2n) is 3.50. The molecule has 0 aliphatic heterocycles. The first-order valence-corrected chi connectivity index (χ1v) is 7.02. The summed E-state index contributed by atoms with van der Waals surface area (Å²) in [4.78, 5) is 10.7. The summed E-state index contributed by atoms with van der Waals surface area (Å²) >= 11 is 5.72. The molecule has 18 heavy (non-hydrogen) atoms. The van der Waals surface area contributed by atoms with Crippen LogP contribution in [0.25, 0.3) is 0 Å². The van der Waals surface area contributed by atoms with Crippen molar-refractivity contribution in [2.45, 2.75) is 13.3 Å². The van der Waals surface area contributed by atoms with Crippen LogP contribution >= 0.6 is 11.6 Å². The topological polar surface area (TPSA) is 95.5 Å². The number of aromatic carboxylic acids is 1. The summed E-state index contributed by atoms with van der Waals surface area (Å²) in [6, 6.07) is 3.82. The molecule has 0 saturated carbocycles. The Bertz CT molecular complexity index is 545. The van der Waals surface area contributed by atoms with Gasteiger partial charge >= 0.3 is 5.97 Å². The number of anilines is 1. The number of rotatable bonds is 6. The van der Waals surface area contributed by atoms with Crippen molar-refractivity contribution in [2.75, 3.05) is 11.3 Å². The Morgan fingerprint density at radius 1 is 1.44 bits per heavy atom. The third kappa shape index (κ3) is 4.17. The van der Waals surface area contributed by atoms with Crippen LogP contribution in [-0.2, 0) is 10.2 Å². The fourth-order valence-electron chi connectivity index (χ4n) is 1.18. The summed E-state index contributed by atoms with van der Waals surface area (Å²) < 4.78 is 27.6. The van der Waals surface area contributed by atoms with Crippen LogP contribution in [0.1, 0.15) is 23.7 Å². The van der Waals surface area contributed by atoms with Gasteiger partial charge < -0.3 is 5.11 Å². The molecule has 8 heteroatoms. The Hall–Kier alpha value is -1.31. The second kappa shape index (κ2) is 6.03. The second-order valence-corrected chi connectivity index (χ2v) is 5.41. The van der Waals surface area contributed by atoms with Gasteiger partial charge in [0.05, 0.1) is 16.3 Å². The van der Waals surface area contributed by atoms with Crippen LogP contribution in [0.15, 0.2) is 18.2 Å². The van der Waals surface area contributed by atoms with E-state index in [9.17, 15) is 13.2 Å². The average Bonchev–Trinajstić information content (AvgIpc) is 2.25. The van der Waals surface area contributed by atoms with Gasteiger partial charge in [0.25, 0.3) is 10.2 Å². The molecule has 0 fully saturated rings. The van der Waals surface area contributed by atoms with Gasteiger partial charge in [0.2, 0.25) is 0 Å². The molecule has 0 radical (unpaired) electrons. The third-order valence-electron chi connectivity index (χ3n) is 1.99. The minimum Gasteiger partial charge on any atom is -0.478 e. The van der Waals surface area contributed by atoms with Crippen molar-refractivity contribution in [3.05, 3.63) is 28.8 Å². The maximum Gasteiger partial charge on any atom is 0.337 e. The lowest BCUT2D eigenvalue weighted by Gasteiger charge is -2.09. The summed E-state index contributed by atoms with van der Waals surface area (Å²) in [6.45, 7) is 2.15. The van der Waals surface area contributed by atoms with Gasteiger partial charge in [-0.1, -0.05) is 18.5 Å². The highest BCUT2D eigenvalue weighted by atomic mass is 35.5. The minimum absolute atomic E-state index is 0.0295.